The summed E-state index contributed by atoms with van der Waals surface area (Å²) >= 11 is 0. The summed E-state index contributed by atoms with van der Waals surface area (Å²) in [6, 6.07) is 6.38. The molecule has 0 bridgehead atoms. The first-order valence-electron chi connectivity index (χ1n) is 10.5. The molecule has 2 heterocycles. The molecule has 1 saturated carbocycles. The van der Waals surface area contributed by atoms with Gasteiger partial charge in [-0.1, -0.05) is 12.8 Å². The van der Waals surface area contributed by atoms with E-state index in [1.165, 1.54) is 0 Å². The lowest BCUT2D eigenvalue weighted by Gasteiger charge is -2.18. The number of hydrogen-bond acceptors (Lipinski definition) is 6. The van der Waals surface area contributed by atoms with Crippen molar-refractivity contribution in [3.8, 4) is 23.3 Å². The minimum atomic E-state index is -4.20. The van der Waals surface area contributed by atoms with Crippen LogP contribution in [0.4, 0.5) is 8.78 Å². The topological polar surface area (TPSA) is 110 Å². The van der Waals surface area contributed by atoms with Crippen molar-refractivity contribution in [2.45, 2.75) is 42.7 Å². The van der Waals surface area contributed by atoms with Crippen LogP contribution in [0.5, 0.6) is 5.75 Å². The third-order valence-electron chi connectivity index (χ3n) is 5.86. The number of alkyl halides is 2. The molecule has 0 radical (unpaired) electrons. The maximum Gasteiger partial charge on any atom is 0.244 e. The predicted octanol–water partition coefficient (Wildman–Crippen LogP) is 3.68. The zero-order chi connectivity index (χ0) is 23.6. The van der Waals surface area contributed by atoms with Crippen molar-refractivity contribution in [1.29, 1.82) is 5.26 Å². The number of aromatic nitrogens is 3. The van der Waals surface area contributed by atoms with E-state index in [9.17, 15) is 22.5 Å². The molecular weight excluding hydrogens is 452 g/mol. The molecule has 2 aromatic heterocycles. The van der Waals surface area contributed by atoms with E-state index in [0.717, 1.165) is 49.0 Å². The normalized spacial score (nSPS) is 14.8. The Morgan fingerprint density at radius 2 is 1.91 bits per heavy atom. The largest absolute Gasteiger partial charge is 0.497 e. The molecule has 0 aliphatic heterocycles. The number of nitriles is 1. The Morgan fingerprint density at radius 3 is 2.48 bits per heavy atom. The summed E-state index contributed by atoms with van der Waals surface area (Å²) in [5, 5.41) is 10.7. The van der Waals surface area contributed by atoms with E-state index in [4.69, 9.17) is 4.74 Å². The highest BCUT2D eigenvalue weighted by molar-refractivity contribution is 7.89. The Kier molecular flexibility index (Phi) is 6.58. The van der Waals surface area contributed by atoms with Crippen LogP contribution in [0.25, 0.3) is 22.4 Å². The average Bonchev–Trinajstić information content (AvgIpc) is 3.47. The van der Waals surface area contributed by atoms with Gasteiger partial charge in [-0.25, -0.2) is 31.9 Å². The minimum absolute atomic E-state index is 0.139. The zero-order valence-corrected chi connectivity index (χ0v) is 18.8. The van der Waals surface area contributed by atoms with Gasteiger partial charge in [-0.05, 0) is 25.0 Å². The van der Waals surface area contributed by atoms with Gasteiger partial charge in [0.25, 0.3) is 0 Å². The van der Waals surface area contributed by atoms with Crippen LogP contribution in [0.15, 0.2) is 35.5 Å². The van der Waals surface area contributed by atoms with E-state index in [-0.39, 0.29) is 16.8 Å². The number of nitrogens with one attached hydrogen (secondary N) is 1. The van der Waals surface area contributed by atoms with E-state index < -0.39 is 29.4 Å². The molecule has 0 amide bonds. The number of methoxy groups -OCH3 is 1. The third-order valence-corrected chi connectivity index (χ3v) is 7.33. The molecule has 0 atom stereocenters. The first-order chi connectivity index (χ1) is 15.9. The fraction of sp³-hybridized carbons (Fsp3) is 0.409. The van der Waals surface area contributed by atoms with Gasteiger partial charge >= 0.3 is 0 Å². The molecule has 4 rings (SSSR count). The van der Waals surface area contributed by atoms with E-state index in [2.05, 4.69) is 16.0 Å². The highest BCUT2D eigenvalue weighted by Crippen LogP contribution is 2.41. The van der Waals surface area contributed by atoms with Gasteiger partial charge in [0.15, 0.2) is 5.82 Å². The second-order valence-corrected chi connectivity index (χ2v) is 9.61. The highest BCUT2D eigenvalue weighted by atomic mass is 32.2. The number of ether oxygens (including phenoxy) is 1. The zero-order valence-electron chi connectivity index (χ0n) is 18.0. The number of nitrogens with zero attached hydrogens (tertiary/aromatic N) is 4. The average molecular weight is 476 g/mol. The Bertz CT molecular complexity index is 1290. The number of rotatable bonds is 8. The molecule has 33 heavy (non-hydrogen) atoms. The Hall–Kier alpha value is -3.10. The van der Waals surface area contributed by atoms with Gasteiger partial charge in [0.1, 0.15) is 35.8 Å². The summed E-state index contributed by atoms with van der Waals surface area (Å²) in [4.78, 5) is 8.15. The number of fused-ring (bicyclic) bond motifs is 1. The van der Waals surface area contributed by atoms with Crippen molar-refractivity contribution < 1.29 is 21.9 Å². The molecule has 11 heteroatoms. The van der Waals surface area contributed by atoms with Gasteiger partial charge < -0.3 is 9.30 Å². The van der Waals surface area contributed by atoms with Crippen molar-refractivity contribution in [2.75, 3.05) is 20.5 Å². The minimum Gasteiger partial charge on any atom is -0.497 e. The van der Waals surface area contributed by atoms with E-state index in [0.29, 0.717) is 17.0 Å². The third kappa shape index (κ3) is 4.28. The van der Waals surface area contributed by atoms with Crippen LogP contribution in [0.3, 0.4) is 0 Å². The lowest BCUT2D eigenvalue weighted by molar-refractivity contribution is 0.334. The van der Waals surface area contributed by atoms with Crippen LogP contribution in [-0.2, 0) is 10.0 Å². The van der Waals surface area contributed by atoms with Crippen LogP contribution in [0.2, 0.25) is 0 Å². The molecular formula is C22H23F2N5O3S. The molecule has 1 fully saturated rings. The molecule has 8 nitrogen and oxygen atoms in total. The van der Waals surface area contributed by atoms with Gasteiger partial charge in [-0.15, -0.1) is 0 Å². The van der Waals surface area contributed by atoms with Crippen LogP contribution in [0.1, 0.15) is 37.3 Å². The van der Waals surface area contributed by atoms with Gasteiger partial charge in [0, 0.05) is 17.5 Å². The van der Waals surface area contributed by atoms with Crippen LogP contribution in [-0.4, -0.2) is 49.5 Å². The molecule has 3 aromatic rings. The monoisotopic (exact) mass is 475 g/mol. The molecule has 1 aromatic carbocycles. The second kappa shape index (κ2) is 9.41. The smallest absolute Gasteiger partial charge is 0.244 e. The maximum atomic E-state index is 12.8. The lowest BCUT2D eigenvalue weighted by atomic mass is 10.1. The van der Waals surface area contributed by atoms with Gasteiger partial charge in [0.2, 0.25) is 10.0 Å². The van der Waals surface area contributed by atoms with E-state index >= 15 is 0 Å². The molecule has 0 spiro atoms. The quantitative estimate of drug-likeness (QED) is 0.532. The Balaban J connectivity index is 1.84. The van der Waals surface area contributed by atoms with Crippen molar-refractivity contribution in [2.24, 2.45) is 0 Å². The highest BCUT2D eigenvalue weighted by Gasteiger charge is 2.28. The number of hydrogen-bond donors (Lipinski definition) is 1. The summed E-state index contributed by atoms with van der Waals surface area (Å²) in [5.41, 5.74) is 1.72. The second-order valence-electron chi connectivity index (χ2n) is 7.90. The first-order valence-corrected chi connectivity index (χ1v) is 12.0. The number of benzene rings is 1. The molecule has 174 valence electrons. The molecule has 1 N–H and O–H groups in total. The standard InChI is InChI=1S/C22H23F2N5O3S/c1-32-16-6-7-18-19(11-25)21(29(20(18)8-16)15-4-2-3-5-15)22-26-12-17(13-27-22)33(30,31)28-14(9-23)10-24/h6-8,12-15,28H,2-5,9-10H2,1H3. The summed E-state index contributed by atoms with van der Waals surface area (Å²) in [5.74, 6) is 0.846. The molecule has 1 aliphatic rings. The van der Waals surface area contributed by atoms with Crippen molar-refractivity contribution in [1.82, 2.24) is 19.3 Å². The van der Waals surface area contributed by atoms with Gasteiger partial charge in [-0.3, -0.25) is 0 Å². The summed E-state index contributed by atoms with van der Waals surface area (Å²) in [7, 11) is -2.63. The van der Waals surface area contributed by atoms with Crippen molar-refractivity contribution >= 4 is 20.9 Å². The van der Waals surface area contributed by atoms with Gasteiger partial charge in [0.05, 0.1) is 36.6 Å². The Labute approximate surface area is 190 Å². The van der Waals surface area contributed by atoms with Crippen LogP contribution < -0.4 is 9.46 Å². The molecule has 1 aliphatic carbocycles. The summed E-state index contributed by atoms with van der Waals surface area (Å²) < 4.78 is 59.8. The van der Waals surface area contributed by atoms with Crippen molar-refractivity contribution in [3.63, 3.8) is 0 Å². The lowest BCUT2D eigenvalue weighted by Crippen LogP contribution is -2.38. The number of halogens is 2. The van der Waals surface area contributed by atoms with E-state index in [1.54, 1.807) is 13.2 Å². The molecule has 0 saturated heterocycles. The fourth-order valence-electron chi connectivity index (χ4n) is 4.26. The molecule has 0 unspecified atom stereocenters. The van der Waals surface area contributed by atoms with Crippen molar-refractivity contribution in [3.05, 3.63) is 36.2 Å². The predicted molar refractivity (Wildman–Crippen MR) is 118 cm³/mol. The first kappa shape index (κ1) is 23.1. The number of sulfonamides is 1. The fourth-order valence-corrected chi connectivity index (χ4v) is 5.34. The summed E-state index contributed by atoms with van der Waals surface area (Å²) in [6.07, 6.45) is 6.15. The van der Waals surface area contributed by atoms with Crippen LogP contribution in [0, 0.1) is 11.3 Å². The van der Waals surface area contributed by atoms with E-state index in [1.807, 2.05) is 21.4 Å². The Morgan fingerprint density at radius 1 is 1.24 bits per heavy atom. The van der Waals surface area contributed by atoms with Crippen LogP contribution >= 0.6 is 0 Å². The van der Waals surface area contributed by atoms with Gasteiger partial charge in [-0.2, -0.15) is 5.26 Å². The summed E-state index contributed by atoms with van der Waals surface area (Å²) in [6.45, 7) is -2.35. The maximum absolute atomic E-state index is 12.8. The SMILES string of the molecule is COc1ccc2c(C#N)c(-c3ncc(S(=O)(=O)NC(CF)CF)cn3)n(C3CCCC3)c2c1.